The SMILES string of the molecule is c1ccc2c(c1)ncn1c(-c3cnccn3)nnc21. The molecule has 0 amide bonds. The first-order valence-corrected chi connectivity index (χ1v) is 5.78. The van der Waals surface area contributed by atoms with Gasteiger partial charge in [0.15, 0.2) is 11.5 Å². The van der Waals surface area contributed by atoms with Crippen LogP contribution in [-0.4, -0.2) is 29.5 Å². The van der Waals surface area contributed by atoms with Gasteiger partial charge in [0.25, 0.3) is 0 Å². The lowest BCUT2D eigenvalue weighted by Gasteiger charge is -2.00. The Kier molecular flexibility index (Phi) is 2.02. The summed E-state index contributed by atoms with van der Waals surface area (Å²) in [6, 6.07) is 7.84. The van der Waals surface area contributed by atoms with Crippen molar-refractivity contribution in [2.75, 3.05) is 0 Å². The fraction of sp³-hybridized carbons (Fsp3) is 0. The predicted molar refractivity (Wildman–Crippen MR) is 69.3 cm³/mol. The lowest BCUT2D eigenvalue weighted by atomic mass is 10.2. The zero-order valence-corrected chi connectivity index (χ0v) is 9.80. The zero-order valence-electron chi connectivity index (χ0n) is 9.80. The standard InChI is InChI=1S/C13H8N6/c1-2-4-10-9(3-1)12-17-18-13(19(12)8-16-10)11-7-14-5-6-15-11/h1-8H. The third-order valence-corrected chi connectivity index (χ3v) is 2.95. The molecule has 0 fully saturated rings. The molecule has 4 aromatic rings. The summed E-state index contributed by atoms with van der Waals surface area (Å²) < 4.78 is 1.83. The average Bonchev–Trinajstić information content (AvgIpc) is 2.92. The van der Waals surface area contributed by atoms with Crippen LogP contribution in [0.2, 0.25) is 0 Å². The molecule has 3 heterocycles. The second-order valence-electron chi connectivity index (χ2n) is 4.07. The minimum absolute atomic E-state index is 0.640. The largest absolute Gasteiger partial charge is 0.263 e. The number of rotatable bonds is 1. The average molecular weight is 248 g/mol. The number of hydrogen-bond donors (Lipinski definition) is 0. The maximum absolute atomic E-state index is 4.40. The maximum Gasteiger partial charge on any atom is 0.189 e. The van der Waals surface area contributed by atoms with E-state index < -0.39 is 0 Å². The van der Waals surface area contributed by atoms with Gasteiger partial charge in [0.05, 0.1) is 11.7 Å². The molecule has 6 heteroatoms. The molecular weight excluding hydrogens is 240 g/mol. The Hall–Kier alpha value is -2.89. The van der Waals surface area contributed by atoms with E-state index in [1.54, 1.807) is 24.9 Å². The highest BCUT2D eigenvalue weighted by Gasteiger charge is 2.11. The van der Waals surface area contributed by atoms with E-state index in [2.05, 4.69) is 25.1 Å². The van der Waals surface area contributed by atoms with Gasteiger partial charge in [-0.1, -0.05) is 12.1 Å². The van der Waals surface area contributed by atoms with Crippen molar-refractivity contribution in [3.05, 3.63) is 49.2 Å². The Morgan fingerprint density at radius 2 is 1.89 bits per heavy atom. The third-order valence-electron chi connectivity index (χ3n) is 2.95. The van der Waals surface area contributed by atoms with E-state index in [-0.39, 0.29) is 0 Å². The quantitative estimate of drug-likeness (QED) is 0.513. The number of para-hydroxylation sites is 1. The van der Waals surface area contributed by atoms with Gasteiger partial charge in [-0.15, -0.1) is 10.2 Å². The van der Waals surface area contributed by atoms with E-state index in [0.717, 1.165) is 16.6 Å². The van der Waals surface area contributed by atoms with Gasteiger partial charge in [-0.3, -0.25) is 9.38 Å². The molecule has 90 valence electrons. The Morgan fingerprint density at radius 3 is 2.79 bits per heavy atom. The highest BCUT2D eigenvalue weighted by Crippen LogP contribution is 2.20. The number of hydrogen-bond acceptors (Lipinski definition) is 5. The highest BCUT2D eigenvalue weighted by atomic mass is 15.3. The van der Waals surface area contributed by atoms with Crippen LogP contribution in [0, 0.1) is 0 Å². The molecule has 4 rings (SSSR count). The van der Waals surface area contributed by atoms with Crippen LogP contribution in [0.15, 0.2) is 49.2 Å². The summed E-state index contributed by atoms with van der Waals surface area (Å²) in [5, 5.41) is 9.38. The molecule has 0 aliphatic heterocycles. The molecule has 0 spiro atoms. The normalized spacial score (nSPS) is 11.2. The molecule has 0 saturated heterocycles. The topological polar surface area (TPSA) is 68.9 Å². The molecule has 0 unspecified atom stereocenters. The Morgan fingerprint density at radius 1 is 0.947 bits per heavy atom. The molecule has 0 atom stereocenters. The molecule has 19 heavy (non-hydrogen) atoms. The summed E-state index contributed by atoms with van der Waals surface area (Å²) >= 11 is 0. The van der Waals surface area contributed by atoms with Crippen molar-refractivity contribution in [2.24, 2.45) is 0 Å². The van der Waals surface area contributed by atoms with E-state index >= 15 is 0 Å². The van der Waals surface area contributed by atoms with Crippen LogP contribution in [0.25, 0.3) is 28.1 Å². The highest BCUT2D eigenvalue weighted by molar-refractivity contribution is 5.91. The first kappa shape index (κ1) is 10.1. The molecule has 6 nitrogen and oxygen atoms in total. The van der Waals surface area contributed by atoms with Crippen LogP contribution in [-0.2, 0) is 0 Å². The first-order chi connectivity index (χ1) is 9.43. The van der Waals surface area contributed by atoms with Crippen LogP contribution in [0.4, 0.5) is 0 Å². The Bertz CT molecular complexity index is 868. The monoisotopic (exact) mass is 248 g/mol. The van der Waals surface area contributed by atoms with Crippen molar-refractivity contribution in [2.45, 2.75) is 0 Å². The van der Waals surface area contributed by atoms with E-state index in [9.17, 15) is 0 Å². The van der Waals surface area contributed by atoms with Crippen molar-refractivity contribution >= 4 is 16.6 Å². The molecule has 0 aliphatic rings. The minimum atomic E-state index is 0.640. The fourth-order valence-corrected chi connectivity index (χ4v) is 2.07. The van der Waals surface area contributed by atoms with Gasteiger partial charge in [0.1, 0.15) is 12.0 Å². The Labute approximate surface area is 107 Å². The van der Waals surface area contributed by atoms with Crippen molar-refractivity contribution in [1.82, 2.24) is 29.5 Å². The number of benzene rings is 1. The minimum Gasteiger partial charge on any atom is -0.263 e. The lowest BCUT2D eigenvalue weighted by molar-refractivity contribution is 1.06. The van der Waals surface area contributed by atoms with Gasteiger partial charge in [-0.05, 0) is 12.1 Å². The van der Waals surface area contributed by atoms with E-state index in [4.69, 9.17) is 0 Å². The molecule has 0 aliphatic carbocycles. The van der Waals surface area contributed by atoms with E-state index in [0.29, 0.717) is 11.5 Å². The van der Waals surface area contributed by atoms with Gasteiger partial charge in [0, 0.05) is 17.8 Å². The second kappa shape index (κ2) is 3.81. The smallest absolute Gasteiger partial charge is 0.189 e. The van der Waals surface area contributed by atoms with E-state index in [1.165, 1.54) is 0 Å². The fourth-order valence-electron chi connectivity index (χ4n) is 2.07. The molecule has 0 bridgehead atoms. The van der Waals surface area contributed by atoms with E-state index in [1.807, 2.05) is 28.7 Å². The number of fused-ring (bicyclic) bond motifs is 3. The van der Waals surface area contributed by atoms with Crippen LogP contribution in [0.1, 0.15) is 0 Å². The van der Waals surface area contributed by atoms with Crippen molar-refractivity contribution in [3.8, 4) is 11.5 Å². The third kappa shape index (κ3) is 1.46. The number of nitrogens with zero attached hydrogens (tertiary/aromatic N) is 6. The molecule has 1 aromatic carbocycles. The van der Waals surface area contributed by atoms with Gasteiger partial charge in [0.2, 0.25) is 0 Å². The summed E-state index contributed by atoms with van der Waals surface area (Å²) in [5.74, 6) is 0.640. The summed E-state index contributed by atoms with van der Waals surface area (Å²) in [6.45, 7) is 0. The zero-order chi connectivity index (χ0) is 12.7. The van der Waals surface area contributed by atoms with Crippen molar-refractivity contribution < 1.29 is 0 Å². The van der Waals surface area contributed by atoms with Gasteiger partial charge in [-0.25, -0.2) is 9.97 Å². The van der Waals surface area contributed by atoms with Gasteiger partial charge >= 0.3 is 0 Å². The van der Waals surface area contributed by atoms with Gasteiger partial charge in [-0.2, -0.15) is 0 Å². The maximum atomic E-state index is 4.40. The van der Waals surface area contributed by atoms with Crippen molar-refractivity contribution in [1.29, 1.82) is 0 Å². The summed E-state index contributed by atoms with van der Waals surface area (Å²) in [4.78, 5) is 12.7. The molecule has 3 aromatic heterocycles. The molecule has 0 saturated carbocycles. The van der Waals surface area contributed by atoms with Crippen molar-refractivity contribution in [3.63, 3.8) is 0 Å². The van der Waals surface area contributed by atoms with Crippen LogP contribution >= 0.6 is 0 Å². The lowest BCUT2D eigenvalue weighted by Crippen LogP contribution is -1.94. The van der Waals surface area contributed by atoms with Crippen LogP contribution in [0.3, 0.4) is 0 Å². The van der Waals surface area contributed by atoms with Crippen LogP contribution in [0.5, 0.6) is 0 Å². The number of aromatic nitrogens is 6. The molecule has 0 N–H and O–H groups in total. The predicted octanol–water partition coefficient (Wildman–Crippen LogP) is 1.73. The summed E-state index contributed by atoms with van der Waals surface area (Å²) in [5.41, 5.74) is 2.34. The van der Waals surface area contributed by atoms with Gasteiger partial charge < -0.3 is 0 Å². The molecular formula is C13H8N6. The van der Waals surface area contributed by atoms with Crippen LogP contribution < -0.4 is 0 Å². The Balaban J connectivity index is 2.08. The summed E-state index contributed by atoms with van der Waals surface area (Å²) in [6.07, 6.45) is 6.62. The second-order valence-corrected chi connectivity index (χ2v) is 4.07. The summed E-state index contributed by atoms with van der Waals surface area (Å²) in [7, 11) is 0. The first-order valence-electron chi connectivity index (χ1n) is 5.78. The molecule has 0 radical (unpaired) electrons.